The fourth-order valence-electron chi connectivity index (χ4n) is 3.18. The van der Waals surface area contributed by atoms with Crippen LogP contribution in [0.25, 0.3) is 22.0 Å². The van der Waals surface area contributed by atoms with Gasteiger partial charge in [-0.3, -0.25) is 10.00 Å². The van der Waals surface area contributed by atoms with Crippen LogP contribution in [0.3, 0.4) is 0 Å². The van der Waals surface area contributed by atoms with Crippen molar-refractivity contribution in [2.24, 2.45) is 7.05 Å². The van der Waals surface area contributed by atoms with E-state index in [4.69, 9.17) is 4.74 Å². The number of likely N-dealkylation sites (N-methyl/N-ethyl adjacent to an activating group) is 1. The quantitative estimate of drug-likeness (QED) is 0.267. The van der Waals surface area contributed by atoms with Crippen molar-refractivity contribution in [3.05, 3.63) is 42.2 Å². The zero-order valence-corrected chi connectivity index (χ0v) is 18.2. The standard InChI is InChI=1S/C21H19F7N4O3/c1-29-16(35-19(33)21(26,27)28)9-30-18-13-7-6-11(8-15(13)32(2)31-18)12-4-3-5-14(22)17(12)34-10-20(23,24)25/h3-8,16,29H,9-10H2,1-2H3,(H,30,31). The number of benzene rings is 2. The molecule has 0 bridgehead atoms. The highest BCUT2D eigenvalue weighted by molar-refractivity contribution is 5.93. The molecular weight excluding hydrogens is 489 g/mol. The highest BCUT2D eigenvalue weighted by Crippen LogP contribution is 2.36. The first-order valence-electron chi connectivity index (χ1n) is 9.94. The lowest BCUT2D eigenvalue weighted by Crippen LogP contribution is -2.41. The van der Waals surface area contributed by atoms with E-state index in [1.165, 1.54) is 29.9 Å². The van der Waals surface area contributed by atoms with Gasteiger partial charge in [0.25, 0.3) is 0 Å². The van der Waals surface area contributed by atoms with Crippen LogP contribution in [0.5, 0.6) is 5.75 Å². The van der Waals surface area contributed by atoms with E-state index >= 15 is 0 Å². The molecule has 190 valence electrons. The van der Waals surface area contributed by atoms with Gasteiger partial charge < -0.3 is 14.8 Å². The molecule has 35 heavy (non-hydrogen) atoms. The van der Waals surface area contributed by atoms with Crippen molar-refractivity contribution < 1.29 is 45.0 Å². The smallest absolute Gasteiger partial charge is 0.480 e. The molecule has 0 aliphatic carbocycles. The number of para-hydroxylation sites is 1. The van der Waals surface area contributed by atoms with Crippen LogP contribution < -0.4 is 15.4 Å². The second-order valence-corrected chi connectivity index (χ2v) is 7.29. The lowest BCUT2D eigenvalue weighted by molar-refractivity contribution is -0.205. The maximum Gasteiger partial charge on any atom is 0.490 e. The molecule has 0 fully saturated rings. The molecule has 7 nitrogen and oxygen atoms in total. The summed E-state index contributed by atoms with van der Waals surface area (Å²) in [6.45, 7) is -1.93. The molecule has 2 N–H and O–H groups in total. The molecule has 2 aromatic carbocycles. The van der Waals surface area contributed by atoms with Crippen LogP contribution >= 0.6 is 0 Å². The summed E-state index contributed by atoms with van der Waals surface area (Å²) in [4.78, 5) is 11.1. The SMILES string of the molecule is CNC(CNc1nn(C)c2cc(-c3cccc(F)c3OCC(F)(F)F)ccc12)OC(=O)C(F)(F)F. The fourth-order valence-corrected chi connectivity index (χ4v) is 3.18. The number of hydrogen-bond acceptors (Lipinski definition) is 6. The number of rotatable bonds is 8. The van der Waals surface area contributed by atoms with Crippen LogP contribution in [0.4, 0.5) is 36.6 Å². The number of carbonyl (C=O) groups is 1. The molecule has 3 rings (SSSR count). The van der Waals surface area contributed by atoms with Crippen LogP contribution in [0.1, 0.15) is 0 Å². The van der Waals surface area contributed by atoms with E-state index in [-0.39, 0.29) is 17.9 Å². The van der Waals surface area contributed by atoms with Crippen molar-refractivity contribution in [1.82, 2.24) is 15.1 Å². The Labute approximate surface area is 193 Å². The second kappa shape index (κ2) is 9.98. The number of carbonyl (C=O) groups excluding carboxylic acids is 1. The number of anilines is 1. The molecular formula is C21H19F7N4O3. The zero-order chi connectivity index (χ0) is 26.0. The van der Waals surface area contributed by atoms with Crippen LogP contribution in [-0.4, -0.2) is 54.5 Å². The molecule has 14 heteroatoms. The first-order chi connectivity index (χ1) is 16.3. The van der Waals surface area contributed by atoms with E-state index in [0.29, 0.717) is 16.5 Å². The maximum absolute atomic E-state index is 14.2. The largest absolute Gasteiger partial charge is 0.490 e. The molecule has 0 spiro atoms. The van der Waals surface area contributed by atoms with E-state index in [1.54, 1.807) is 19.2 Å². The van der Waals surface area contributed by atoms with E-state index in [9.17, 15) is 35.5 Å². The molecule has 1 aromatic heterocycles. The Kier molecular flexibility index (Phi) is 7.43. The third-order valence-corrected chi connectivity index (χ3v) is 4.77. The van der Waals surface area contributed by atoms with Crippen LogP contribution in [0.2, 0.25) is 0 Å². The first-order valence-corrected chi connectivity index (χ1v) is 9.94. The molecule has 0 amide bonds. The Morgan fingerprint density at radius 2 is 1.86 bits per heavy atom. The zero-order valence-electron chi connectivity index (χ0n) is 18.2. The molecule has 1 unspecified atom stereocenters. The van der Waals surface area contributed by atoms with E-state index in [2.05, 4.69) is 20.5 Å². The highest BCUT2D eigenvalue weighted by atomic mass is 19.4. The van der Waals surface area contributed by atoms with Crippen LogP contribution in [0.15, 0.2) is 36.4 Å². The number of aryl methyl sites for hydroxylation is 1. The highest BCUT2D eigenvalue weighted by Gasteiger charge is 2.42. The predicted molar refractivity (Wildman–Crippen MR) is 111 cm³/mol. The van der Waals surface area contributed by atoms with E-state index in [1.807, 2.05) is 0 Å². The Balaban J connectivity index is 1.86. The summed E-state index contributed by atoms with van der Waals surface area (Å²) in [5, 5.41) is 9.94. The van der Waals surface area contributed by atoms with Crippen LogP contribution in [-0.2, 0) is 16.6 Å². The Morgan fingerprint density at radius 1 is 1.14 bits per heavy atom. The minimum Gasteiger partial charge on any atom is -0.480 e. The minimum atomic E-state index is -5.15. The normalized spacial score (nSPS) is 13.1. The number of nitrogens with one attached hydrogen (secondary N) is 2. The number of alkyl halides is 6. The van der Waals surface area contributed by atoms with Gasteiger partial charge >= 0.3 is 18.3 Å². The van der Waals surface area contributed by atoms with Crippen molar-refractivity contribution in [1.29, 1.82) is 0 Å². The van der Waals surface area contributed by atoms with Crippen molar-refractivity contribution in [3.8, 4) is 16.9 Å². The van der Waals surface area contributed by atoms with Gasteiger partial charge in [0.05, 0.1) is 12.1 Å². The number of halogens is 7. The van der Waals surface area contributed by atoms with Gasteiger partial charge in [0.15, 0.2) is 30.2 Å². The summed E-state index contributed by atoms with van der Waals surface area (Å²) in [6.07, 6.45) is -11.1. The molecule has 0 radical (unpaired) electrons. The predicted octanol–water partition coefficient (Wildman–Crippen LogP) is 4.38. The monoisotopic (exact) mass is 508 g/mol. The number of nitrogens with zero attached hydrogens (tertiary/aromatic N) is 2. The number of ether oxygens (including phenoxy) is 2. The molecule has 0 saturated heterocycles. The first kappa shape index (κ1) is 26.1. The van der Waals surface area contributed by atoms with E-state index in [0.717, 1.165) is 6.07 Å². The summed E-state index contributed by atoms with van der Waals surface area (Å²) < 4.78 is 99.8. The molecule has 1 heterocycles. The van der Waals surface area contributed by atoms with Gasteiger partial charge in [-0.05, 0) is 30.8 Å². The Bertz CT molecular complexity index is 1210. The minimum absolute atomic E-state index is 0.0844. The van der Waals surface area contributed by atoms with Crippen molar-refractivity contribution in [2.75, 3.05) is 25.5 Å². The fraction of sp³-hybridized carbons (Fsp3) is 0.333. The lowest BCUT2D eigenvalue weighted by Gasteiger charge is -2.18. The summed E-state index contributed by atoms with van der Waals surface area (Å²) in [7, 11) is 2.86. The average molecular weight is 508 g/mol. The van der Waals surface area contributed by atoms with Crippen LogP contribution in [0, 0.1) is 5.82 Å². The maximum atomic E-state index is 14.2. The number of fused-ring (bicyclic) bond motifs is 1. The van der Waals surface area contributed by atoms with Gasteiger partial charge in [-0.2, -0.15) is 31.4 Å². The molecule has 0 saturated carbocycles. The van der Waals surface area contributed by atoms with Crippen molar-refractivity contribution in [2.45, 2.75) is 18.6 Å². The Morgan fingerprint density at radius 3 is 2.49 bits per heavy atom. The summed E-state index contributed by atoms with van der Waals surface area (Å²) in [5.74, 6) is -3.64. The van der Waals surface area contributed by atoms with E-state index < -0.39 is 42.7 Å². The Hall–Kier alpha value is -3.55. The summed E-state index contributed by atoms with van der Waals surface area (Å²) in [5.41, 5.74) is 0.904. The molecule has 3 aromatic rings. The number of esters is 1. The molecule has 0 aliphatic rings. The number of hydrogen-bond donors (Lipinski definition) is 2. The van der Waals surface area contributed by atoms with Gasteiger partial charge in [0.2, 0.25) is 0 Å². The van der Waals surface area contributed by atoms with Gasteiger partial charge in [-0.15, -0.1) is 0 Å². The van der Waals surface area contributed by atoms with Crippen molar-refractivity contribution >= 4 is 22.7 Å². The summed E-state index contributed by atoms with van der Waals surface area (Å²) in [6, 6.07) is 8.30. The average Bonchev–Trinajstić information content (AvgIpc) is 3.09. The topological polar surface area (TPSA) is 77.4 Å². The third-order valence-electron chi connectivity index (χ3n) is 4.77. The third kappa shape index (κ3) is 6.32. The van der Waals surface area contributed by atoms with Crippen molar-refractivity contribution in [3.63, 3.8) is 0 Å². The van der Waals surface area contributed by atoms with Gasteiger partial charge in [-0.1, -0.05) is 18.2 Å². The number of aromatic nitrogens is 2. The second-order valence-electron chi connectivity index (χ2n) is 7.29. The lowest BCUT2D eigenvalue weighted by atomic mass is 10.0. The van der Waals surface area contributed by atoms with Gasteiger partial charge in [-0.25, -0.2) is 9.18 Å². The van der Waals surface area contributed by atoms with Gasteiger partial charge in [0.1, 0.15) is 0 Å². The van der Waals surface area contributed by atoms with Gasteiger partial charge in [0, 0.05) is 18.0 Å². The summed E-state index contributed by atoms with van der Waals surface area (Å²) >= 11 is 0. The molecule has 1 atom stereocenters. The molecule has 0 aliphatic heterocycles.